The number of aliphatic hydroxyl groups is 1. The molecule has 6 nitrogen and oxygen atoms in total. The zero-order chi connectivity index (χ0) is 19.6. The van der Waals surface area contributed by atoms with Crippen LogP contribution < -0.4 is 9.47 Å². The zero-order valence-electron chi connectivity index (χ0n) is 16.0. The monoisotopic (exact) mass is 369 g/mol. The Labute approximate surface area is 158 Å². The van der Waals surface area contributed by atoms with Crippen LogP contribution in [0.2, 0.25) is 0 Å². The lowest BCUT2D eigenvalue weighted by molar-refractivity contribution is 0.0701. The van der Waals surface area contributed by atoms with E-state index in [1.807, 2.05) is 12.1 Å². The minimum atomic E-state index is -1.12. The topological polar surface area (TPSA) is 72.1 Å². The summed E-state index contributed by atoms with van der Waals surface area (Å²) in [6, 6.07) is 7.13. The largest absolute Gasteiger partial charge is 0.493 e. The zero-order valence-corrected chi connectivity index (χ0v) is 16.0. The molecule has 3 rings (SSSR count). The number of carbonyl (C=O) groups is 1. The number of ether oxygens (including phenoxy) is 2. The Kier molecular flexibility index (Phi) is 5.15. The second kappa shape index (κ2) is 7.37. The van der Waals surface area contributed by atoms with Crippen molar-refractivity contribution in [2.24, 2.45) is 0 Å². The average Bonchev–Trinajstić information content (AvgIpc) is 3.12. The smallest absolute Gasteiger partial charge is 0.289 e. The van der Waals surface area contributed by atoms with Gasteiger partial charge in [0.05, 0.1) is 14.2 Å². The van der Waals surface area contributed by atoms with Crippen LogP contribution >= 0.6 is 0 Å². The van der Waals surface area contributed by atoms with Gasteiger partial charge in [0, 0.05) is 13.1 Å². The third kappa shape index (κ3) is 4.26. The molecule has 0 aliphatic carbocycles. The summed E-state index contributed by atoms with van der Waals surface area (Å²) in [6.45, 7) is 4.24. The van der Waals surface area contributed by atoms with E-state index < -0.39 is 5.60 Å². The predicted molar refractivity (Wildman–Crippen MR) is 99.9 cm³/mol. The second-order valence-corrected chi connectivity index (χ2v) is 6.93. The summed E-state index contributed by atoms with van der Waals surface area (Å²) in [5.41, 5.74) is 1.06. The highest BCUT2D eigenvalue weighted by Crippen LogP contribution is 2.33. The summed E-state index contributed by atoms with van der Waals surface area (Å²) in [5, 5.41) is 9.66. The van der Waals surface area contributed by atoms with E-state index >= 15 is 0 Å². The molecule has 142 valence electrons. The number of rotatable bonds is 3. The molecule has 6 heteroatoms. The van der Waals surface area contributed by atoms with Crippen LogP contribution in [-0.2, 0) is 13.0 Å². The van der Waals surface area contributed by atoms with Crippen LogP contribution in [0.15, 0.2) is 28.7 Å². The minimum absolute atomic E-state index is 0.188. The molecule has 1 N–H and O–H groups in total. The molecular formula is C21H23NO5. The molecule has 1 aliphatic heterocycles. The summed E-state index contributed by atoms with van der Waals surface area (Å²) in [5.74, 6) is 7.14. The molecular weight excluding hydrogens is 346 g/mol. The molecule has 0 saturated heterocycles. The van der Waals surface area contributed by atoms with Crippen LogP contribution in [0, 0.1) is 11.8 Å². The fourth-order valence-electron chi connectivity index (χ4n) is 2.95. The summed E-state index contributed by atoms with van der Waals surface area (Å²) in [6.07, 6.45) is 0.730. The van der Waals surface area contributed by atoms with E-state index in [1.165, 1.54) is 0 Å². The lowest BCUT2D eigenvalue weighted by atomic mass is 9.98. The maximum absolute atomic E-state index is 12.8. The van der Waals surface area contributed by atoms with Gasteiger partial charge in [0.25, 0.3) is 5.91 Å². The van der Waals surface area contributed by atoms with Crippen LogP contribution in [0.5, 0.6) is 11.5 Å². The van der Waals surface area contributed by atoms with Crippen molar-refractivity contribution in [2.45, 2.75) is 32.4 Å². The van der Waals surface area contributed by atoms with Gasteiger partial charge in [0.1, 0.15) is 5.60 Å². The number of hydrogen-bond acceptors (Lipinski definition) is 5. The number of hydrogen-bond donors (Lipinski definition) is 1. The molecule has 27 heavy (non-hydrogen) atoms. The summed E-state index contributed by atoms with van der Waals surface area (Å²) in [4.78, 5) is 14.5. The van der Waals surface area contributed by atoms with Crippen molar-refractivity contribution < 1.29 is 23.8 Å². The molecule has 0 bridgehead atoms. The van der Waals surface area contributed by atoms with Crippen LogP contribution in [0.4, 0.5) is 0 Å². The average molecular weight is 369 g/mol. The van der Waals surface area contributed by atoms with Crippen LogP contribution in [0.1, 0.15) is 41.3 Å². The van der Waals surface area contributed by atoms with Crippen molar-refractivity contribution in [3.8, 4) is 23.3 Å². The van der Waals surface area contributed by atoms with Gasteiger partial charge in [-0.3, -0.25) is 4.79 Å². The quantitative estimate of drug-likeness (QED) is 0.842. The Bertz CT molecular complexity index is 911. The summed E-state index contributed by atoms with van der Waals surface area (Å²) < 4.78 is 16.2. The highest BCUT2D eigenvalue weighted by Gasteiger charge is 2.25. The van der Waals surface area contributed by atoms with E-state index in [4.69, 9.17) is 13.9 Å². The van der Waals surface area contributed by atoms with Gasteiger partial charge in [-0.1, -0.05) is 5.92 Å². The Hall–Kier alpha value is -2.91. The van der Waals surface area contributed by atoms with Gasteiger partial charge in [-0.15, -0.1) is 0 Å². The lowest BCUT2D eigenvalue weighted by Gasteiger charge is -2.29. The predicted octanol–water partition coefficient (Wildman–Crippen LogP) is 2.62. The van der Waals surface area contributed by atoms with Crippen molar-refractivity contribution in [1.82, 2.24) is 4.90 Å². The third-order valence-corrected chi connectivity index (χ3v) is 4.31. The summed E-state index contributed by atoms with van der Waals surface area (Å²) >= 11 is 0. The Balaban J connectivity index is 1.78. The Morgan fingerprint density at radius 2 is 1.85 bits per heavy atom. The van der Waals surface area contributed by atoms with E-state index in [-0.39, 0.29) is 11.7 Å². The van der Waals surface area contributed by atoms with Gasteiger partial charge in [0.15, 0.2) is 23.0 Å². The molecule has 0 fully saturated rings. The number of nitrogens with zero attached hydrogens (tertiary/aromatic N) is 1. The van der Waals surface area contributed by atoms with Crippen LogP contribution in [0.3, 0.4) is 0 Å². The number of furan rings is 1. The normalized spacial score (nSPS) is 13.4. The van der Waals surface area contributed by atoms with E-state index in [9.17, 15) is 9.90 Å². The van der Waals surface area contributed by atoms with Crippen molar-refractivity contribution in [1.29, 1.82) is 0 Å². The van der Waals surface area contributed by atoms with Gasteiger partial charge >= 0.3 is 0 Å². The van der Waals surface area contributed by atoms with Crippen LogP contribution in [0.25, 0.3) is 0 Å². The van der Waals surface area contributed by atoms with Gasteiger partial charge in [-0.25, -0.2) is 0 Å². The molecule has 0 spiro atoms. The third-order valence-electron chi connectivity index (χ3n) is 4.31. The van der Waals surface area contributed by atoms with Crippen molar-refractivity contribution in [3.63, 3.8) is 0 Å². The molecule has 0 saturated carbocycles. The van der Waals surface area contributed by atoms with Crippen molar-refractivity contribution in [3.05, 3.63) is 46.9 Å². The van der Waals surface area contributed by atoms with E-state index in [0.717, 1.165) is 17.5 Å². The molecule has 1 aromatic heterocycles. The van der Waals surface area contributed by atoms with Gasteiger partial charge in [0.2, 0.25) is 0 Å². The van der Waals surface area contributed by atoms with Crippen molar-refractivity contribution >= 4 is 5.91 Å². The Morgan fingerprint density at radius 3 is 2.48 bits per heavy atom. The van der Waals surface area contributed by atoms with E-state index in [2.05, 4.69) is 11.8 Å². The number of benzene rings is 1. The van der Waals surface area contributed by atoms with Gasteiger partial charge in [-0.05, 0) is 61.6 Å². The first-order valence-electron chi connectivity index (χ1n) is 8.69. The SMILES string of the molecule is COc1cc2c(cc1OC)CN(C(=O)c1ccc(C#CC(C)(C)O)o1)CC2. The van der Waals surface area contributed by atoms with Gasteiger partial charge in [-0.2, -0.15) is 0 Å². The molecule has 1 aliphatic rings. The number of methoxy groups -OCH3 is 2. The van der Waals surface area contributed by atoms with E-state index in [1.54, 1.807) is 45.1 Å². The fourth-order valence-corrected chi connectivity index (χ4v) is 2.95. The maximum atomic E-state index is 12.8. The molecule has 2 heterocycles. The lowest BCUT2D eigenvalue weighted by Crippen LogP contribution is -2.35. The van der Waals surface area contributed by atoms with Crippen LogP contribution in [-0.4, -0.2) is 42.3 Å². The fraction of sp³-hybridized carbons (Fsp3) is 0.381. The standard InChI is InChI=1S/C21H23NO5/c1-21(2,24)9-7-16-5-6-17(27-16)20(23)22-10-8-14-11-18(25-3)19(26-4)12-15(14)13-22/h5-6,11-12,24H,8,10,13H2,1-4H3. The number of carbonyl (C=O) groups excluding carboxylic acids is 1. The highest BCUT2D eigenvalue weighted by molar-refractivity contribution is 5.91. The van der Waals surface area contributed by atoms with Crippen molar-refractivity contribution in [2.75, 3.05) is 20.8 Å². The first-order valence-corrected chi connectivity index (χ1v) is 8.69. The molecule has 2 aromatic rings. The highest BCUT2D eigenvalue weighted by atomic mass is 16.5. The number of fused-ring (bicyclic) bond motifs is 1. The molecule has 0 radical (unpaired) electrons. The van der Waals surface area contributed by atoms with E-state index in [0.29, 0.717) is 30.3 Å². The second-order valence-electron chi connectivity index (χ2n) is 6.93. The summed E-state index contributed by atoms with van der Waals surface area (Å²) in [7, 11) is 3.20. The first kappa shape index (κ1) is 18.9. The molecule has 0 atom stereocenters. The molecule has 1 aromatic carbocycles. The Morgan fingerprint density at radius 1 is 1.19 bits per heavy atom. The first-order chi connectivity index (χ1) is 12.8. The molecule has 0 unspecified atom stereocenters. The molecule has 1 amide bonds. The van der Waals surface area contributed by atoms with Gasteiger partial charge < -0.3 is 23.9 Å². The maximum Gasteiger partial charge on any atom is 0.289 e. The number of amides is 1. The minimum Gasteiger partial charge on any atom is -0.493 e.